The van der Waals surface area contributed by atoms with Crippen LogP contribution < -0.4 is 0 Å². The molecule has 0 radical (unpaired) electrons. The summed E-state index contributed by atoms with van der Waals surface area (Å²) in [5.74, 6) is 0.521. The van der Waals surface area contributed by atoms with E-state index in [4.69, 9.17) is 0 Å². The molecule has 2 nitrogen and oxygen atoms in total. The highest BCUT2D eigenvalue weighted by molar-refractivity contribution is 8.14. The molecular weight excluding hydrogens is 288 g/mol. The molecule has 1 aliphatic heterocycles. The number of rotatable bonds is 0. The van der Waals surface area contributed by atoms with Crippen molar-refractivity contribution in [2.75, 3.05) is 0 Å². The van der Waals surface area contributed by atoms with Crippen LogP contribution in [0.1, 0.15) is 53.4 Å². The van der Waals surface area contributed by atoms with Crippen LogP contribution in [0.4, 0.5) is 0 Å². The largest absolute Gasteiger partial charge is 0.294 e. The molecule has 0 N–H and O–H groups in total. The molecule has 108 valence electrons. The standard InChI is InChI=1S/C16H20O2S2/c1-15(2)5-9(17)13-11(7-15)19-14-10(18)6-16(3,4)8-12(14)20-13/h5-8H2,1-4H3. The van der Waals surface area contributed by atoms with Crippen LogP contribution >= 0.6 is 23.5 Å². The predicted octanol–water partition coefficient (Wildman–Crippen LogP) is 4.67. The van der Waals surface area contributed by atoms with Crippen molar-refractivity contribution in [1.82, 2.24) is 0 Å². The quantitative estimate of drug-likeness (QED) is 0.651. The average Bonchev–Trinajstić information content (AvgIpc) is 2.25. The summed E-state index contributed by atoms with van der Waals surface area (Å²) < 4.78 is 0. The van der Waals surface area contributed by atoms with Crippen molar-refractivity contribution < 1.29 is 9.59 Å². The Morgan fingerprint density at radius 2 is 1.05 bits per heavy atom. The molecule has 0 aromatic heterocycles. The lowest BCUT2D eigenvalue weighted by atomic mass is 9.80. The van der Waals surface area contributed by atoms with Gasteiger partial charge in [0.2, 0.25) is 0 Å². The predicted molar refractivity (Wildman–Crippen MR) is 85.3 cm³/mol. The van der Waals surface area contributed by atoms with Gasteiger partial charge in [0.05, 0.1) is 9.81 Å². The van der Waals surface area contributed by atoms with E-state index in [2.05, 4.69) is 27.7 Å². The van der Waals surface area contributed by atoms with Crippen molar-refractivity contribution in [3.8, 4) is 0 Å². The molecular formula is C16H20O2S2. The molecule has 0 fully saturated rings. The van der Waals surface area contributed by atoms with Gasteiger partial charge in [0.25, 0.3) is 0 Å². The molecule has 20 heavy (non-hydrogen) atoms. The lowest BCUT2D eigenvalue weighted by Crippen LogP contribution is -2.29. The molecule has 0 amide bonds. The highest BCUT2D eigenvalue weighted by Gasteiger charge is 2.41. The Labute approximate surface area is 128 Å². The molecule has 0 aromatic rings. The van der Waals surface area contributed by atoms with Gasteiger partial charge in [-0.1, -0.05) is 51.2 Å². The van der Waals surface area contributed by atoms with Crippen LogP contribution in [0, 0.1) is 10.8 Å². The molecule has 0 atom stereocenters. The fourth-order valence-corrected chi connectivity index (χ4v) is 6.21. The van der Waals surface area contributed by atoms with Gasteiger partial charge in [0, 0.05) is 22.7 Å². The number of hydrogen-bond donors (Lipinski definition) is 0. The zero-order chi connectivity index (χ0) is 14.7. The van der Waals surface area contributed by atoms with Gasteiger partial charge in [-0.2, -0.15) is 0 Å². The van der Waals surface area contributed by atoms with E-state index in [1.807, 2.05) is 0 Å². The minimum absolute atomic E-state index is 0.0263. The number of carbonyl (C=O) groups is 2. The molecule has 0 spiro atoms. The second-order valence-corrected chi connectivity index (χ2v) is 9.80. The van der Waals surface area contributed by atoms with Crippen molar-refractivity contribution in [1.29, 1.82) is 0 Å². The summed E-state index contributed by atoms with van der Waals surface area (Å²) in [5.41, 5.74) is 0.0526. The lowest BCUT2D eigenvalue weighted by molar-refractivity contribution is -0.118. The number of hydrogen-bond acceptors (Lipinski definition) is 4. The molecule has 0 saturated heterocycles. The molecule has 3 rings (SSSR count). The Balaban J connectivity index is 1.95. The number of ketones is 2. The minimum atomic E-state index is 0.0263. The lowest BCUT2D eigenvalue weighted by Gasteiger charge is -2.38. The van der Waals surface area contributed by atoms with Gasteiger partial charge >= 0.3 is 0 Å². The summed E-state index contributed by atoms with van der Waals surface area (Å²) in [4.78, 5) is 28.8. The average molecular weight is 308 g/mol. The maximum atomic E-state index is 12.4. The van der Waals surface area contributed by atoms with E-state index < -0.39 is 0 Å². The first-order valence-electron chi connectivity index (χ1n) is 7.05. The maximum Gasteiger partial charge on any atom is 0.170 e. The van der Waals surface area contributed by atoms with Crippen LogP contribution in [0.15, 0.2) is 19.6 Å². The number of carbonyl (C=O) groups excluding carboxylic acids is 2. The maximum absolute atomic E-state index is 12.4. The van der Waals surface area contributed by atoms with E-state index in [0.717, 1.165) is 32.5 Å². The van der Waals surface area contributed by atoms with Crippen molar-refractivity contribution in [2.24, 2.45) is 10.8 Å². The second kappa shape index (κ2) is 4.51. The first-order chi connectivity index (χ1) is 9.17. The van der Waals surface area contributed by atoms with Gasteiger partial charge in [-0.05, 0) is 23.7 Å². The Morgan fingerprint density at radius 1 is 0.700 bits per heavy atom. The van der Waals surface area contributed by atoms with E-state index in [1.165, 1.54) is 0 Å². The third kappa shape index (κ3) is 2.52. The van der Waals surface area contributed by atoms with E-state index >= 15 is 0 Å². The fraction of sp³-hybridized carbons (Fsp3) is 0.625. The summed E-state index contributed by atoms with van der Waals surface area (Å²) >= 11 is 3.16. The van der Waals surface area contributed by atoms with Crippen molar-refractivity contribution in [3.05, 3.63) is 19.6 Å². The molecule has 0 bridgehead atoms. The molecule has 4 heteroatoms. The van der Waals surface area contributed by atoms with Gasteiger partial charge in [-0.15, -0.1) is 0 Å². The normalized spacial score (nSPS) is 28.4. The monoisotopic (exact) mass is 308 g/mol. The second-order valence-electron chi connectivity index (χ2n) is 7.59. The smallest absolute Gasteiger partial charge is 0.170 e. The molecule has 0 aromatic carbocycles. The zero-order valence-corrected chi connectivity index (χ0v) is 14.1. The van der Waals surface area contributed by atoms with Crippen molar-refractivity contribution in [2.45, 2.75) is 53.4 Å². The third-order valence-electron chi connectivity index (χ3n) is 4.02. The SMILES string of the molecule is CC1(C)CC(=O)C2=C(C1)SC1=C(CC(C)(C)CC1=O)S2. The Hall–Kier alpha value is -0.480. The highest BCUT2D eigenvalue weighted by atomic mass is 32.2. The number of thioether (sulfide) groups is 2. The molecule has 0 unspecified atom stereocenters. The third-order valence-corrected chi connectivity index (χ3v) is 6.82. The Kier molecular flexibility index (Phi) is 3.26. The topological polar surface area (TPSA) is 34.1 Å². The summed E-state index contributed by atoms with van der Waals surface area (Å²) in [6.45, 7) is 8.54. The van der Waals surface area contributed by atoms with Gasteiger partial charge in [-0.25, -0.2) is 0 Å². The van der Waals surface area contributed by atoms with Crippen LogP contribution in [0.2, 0.25) is 0 Å². The summed E-state index contributed by atoms with van der Waals surface area (Å²) in [7, 11) is 0. The van der Waals surface area contributed by atoms with Gasteiger partial charge in [-0.3, -0.25) is 9.59 Å². The molecule has 0 saturated carbocycles. The van der Waals surface area contributed by atoms with Gasteiger partial charge in [0.1, 0.15) is 0 Å². The highest BCUT2D eigenvalue weighted by Crippen LogP contribution is 2.57. The van der Waals surface area contributed by atoms with E-state index in [0.29, 0.717) is 12.8 Å². The van der Waals surface area contributed by atoms with E-state index in [1.54, 1.807) is 23.5 Å². The Bertz CT molecular complexity index is 527. The molecule has 2 aliphatic carbocycles. The molecule has 3 aliphatic rings. The first kappa shape index (κ1) is 14.5. The van der Waals surface area contributed by atoms with Crippen LogP contribution in [0.25, 0.3) is 0 Å². The van der Waals surface area contributed by atoms with Gasteiger partial charge in [0.15, 0.2) is 11.6 Å². The Morgan fingerprint density at radius 3 is 1.40 bits per heavy atom. The van der Waals surface area contributed by atoms with Crippen molar-refractivity contribution in [3.63, 3.8) is 0 Å². The summed E-state index contributed by atoms with van der Waals surface area (Å²) in [5, 5.41) is 0. The minimum Gasteiger partial charge on any atom is -0.294 e. The van der Waals surface area contributed by atoms with Gasteiger partial charge < -0.3 is 0 Å². The summed E-state index contributed by atoms with van der Waals surface area (Å²) in [6, 6.07) is 0. The first-order valence-corrected chi connectivity index (χ1v) is 8.69. The van der Waals surface area contributed by atoms with Crippen LogP contribution in [0.3, 0.4) is 0 Å². The van der Waals surface area contributed by atoms with E-state index in [-0.39, 0.29) is 22.4 Å². The zero-order valence-electron chi connectivity index (χ0n) is 12.5. The van der Waals surface area contributed by atoms with Crippen LogP contribution in [0.5, 0.6) is 0 Å². The fourth-order valence-electron chi connectivity index (χ4n) is 3.13. The number of Topliss-reactive ketones (excluding diaryl/α,β-unsaturated/α-hetero) is 2. The van der Waals surface area contributed by atoms with Crippen LogP contribution in [-0.2, 0) is 9.59 Å². The molecule has 1 heterocycles. The van der Waals surface area contributed by atoms with Crippen LogP contribution in [-0.4, -0.2) is 11.6 Å². The number of allylic oxidation sites excluding steroid dienone is 4. The van der Waals surface area contributed by atoms with Crippen molar-refractivity contribution >= 4 is 35.1 Å². The summed E-state index contributed by atoms with van der Waals surface area (Å²) in [6.07, 6.45) is 3.08. The van der Waals surface area contributed by atoms with E-state index in [9.17, 15) is 9.59 Å².